The van der Waals surface area contributed by atoms with Crippen LogP contribution in [0.25, 0.3) is 0 Å². The zero-order chi connectivity index (χ0) is 24.9. The number of aromatic nitrogens is 3. The molecule has 10 heteroatoms. The fourth-order valence-electron chi connectivity index (χ4n) is 3.59. The molecular formula is C24H29BrN4O4S. The zero-order valence-electron chi connectivity index (χ0n) is 19.7. The summed E-state index contributed by atoms with van der Waals surface area (Å²) in [5.41, 5.74) is 2.64. The van der Waals surface area contributed by atoms with E-state index in [-0.39, 0.29) is 17.4 Å². The van der Waals surface area contributed by atoms with Gasteiger partial charge in [0.15, 0.2) is 0 Å². The van der Waals surface area contributed by atoms with Crippen molar-refractivity contribution in [3.63, 3.8) is 0 Å². The molecule has 0 aliphatic carbocycles. The van der Waals surface area contributed by atoms with Gasteiger partial charge in [0.05, 0.1) is 37.0 Å². The van der Waals surface area contributed by atoms with Crippen molar-refractivity contribution in [3.8, 4) is 0 Å². The molecule has 0 bridgehead atoms. The Morgan fingerprint density at radius 1 is 1.15 bits per heavy atom. The minimum absolute atomic E-state index is 0.0539. The first-order chi connectivity index (χ1) is 16.1. The van der Waals surface area contributed by atoms with Crippen LogP contribution in [0.15, 0.2) is 64.1 Å². The number of carbonyl (C=O) groups is 1. The van der Waals surface area contributed by atoms with Gasteiger partial charge in [-0.3, -0.25) is 4.79 Å². The predicted molar refractivity (Wildman–Crippen MR) is 132 cm³/mol. The lowest BCUT2D eigenvalue weighted by Crippen LogP contribution is -2.46. The van der Waals surface area contributed by atoms with Crippen molar-refractivity contribution >= 4 is 31.9 Å². The summed E-state index contributed by atoms with van der Waals surface area (Å²) in [6, 6.07) is 13.6. The van der Waals surface area contributed by atoms with Crippen LogP contribution in [0.2, 0.25) is 0 Å². The smallest absolute Gasteiger partial charge is 0.324 e. The van der Waals surface area contributed by atoms with E-state index in [4.69, 9.17) is 4.74 Å². The highest BCUT2D eigenvalue weighted by Gasteiger charge is 2.38. The van der Waals surface area contributed by atoms with Crippen LogP contribution >= 0.6 is 15.9 Å². The monoisotopic (exact) mass is 548 g/mol. The molecular weight excluding hydrogens is 520 g/mol. The molecule has 0 unspecified atom stereocenters. The minimum Gasteiger partial charge on any atom is -0.468 e. The molecule has 0 amide bonds. The maximum Gasteiger partial charge on any atom is 0.324 e. The summed E-state index contributed by atoms with van der Waals surface area (Å²) in [5.74, 6) is -0.561. The molecule has 1 atom stereocenters. The zero-order valence-corrected chi connectivity index (χ0v) is 22.1. The molecule has 3 rings (SSSR count). The lowest BCUT2D eigenvalue weighted by Gasteiger charge is -2.29. The van der Waals surface area contributed by atoms with Gasteiger partial charge >= 0.3 is 5.97 Å². The maximum atomic E-state index is 13.8. The minimum atomic E-state index is -4.08. The van der Waals surface area contributed by atoms with Gasteiger partial charge < -0.3 is 4.74 Å². The molecule has 1 aromatic heterocycles. The maximum absolute atomic E-state index is 13.8. The van der Waals surface area contributed by atoms with Crippen molar-refractivity contribution < 1.29 is 17.9 Å². The number of methoxy groups -OCH3 is 1. The third-order valence-corrected chi connectivity index (χ3v) is 8.17. The van der Waals surface area contributed by atoms with Gasteiger partial charge in [-0.05, 0) is 52.9 Å². The summed E-state index contributed by atoms with van der Waals surface area (Å²) in [4.78, 5) is 12.8. The Kier molecular flexibility index (Phi) is 8.62. The Hall–Kier alpha value is -2.56. The molecule has 0 radical (unpaired) electrons. The number of sulfonamides is 1. The molecule has 0 fully saturated rings. The number of ether oxygens (including phenoxy) is 1. The first-order valence-electron chi connectivity index (χ1n) is 10.9. The van der Waals surface area contributed by atoms with E-state index < -0.39 is 22.0 Å². The van der Waals surface area contributed by atoms with Gasteiger partial charge in [-0.2, -0.15) is 4.31 Å². The van der Waals surface area contributed by atoms with E-state index in [1.165, 1.54) is 17.5 Å². The second-order valence-corrected chi connectivity index (χ2v) is 11.3. The summed E-state index contributed by atoms with van der Waals surface area (Å²) in [5, 5.41) is 8.35. The van der Waals surface area contributed by atoms with Crippen LogP contribution in [0, 0.1) is 12.8 Å². The van der Waals surface area contributed by atoms with Crippen LogP contribution in [-0.4, -0.2) is 46.8 Å². The number of esters is 1. The third kappa shape index (κ3) is 6.31. The number of benzene rings is 2. The van der Waals surface area contributed by atoms with Gasteiger partial charge in [0.1, 0.15) is 6.04 Å². The molecule has 0 aliphatic rings. The van der Waals surface area contributed by atoms with E-state index in [2.05, 4.69) is 26.2 Å². The Balaban J connectivity index is 1.97. The summed E-state index contributed by atoms with van der Waals surface area (Å²) < 4.78 is 35.7. The van der Waals surface area contributed by atoms with Gasteiger partial charge in [-0.25, -0.2) is 13.1 Å². The normalized spacial score (nSPS) is 12.8. The van der Waals surface area contributed by atoms with Crippen LogP contribution in [0.1, 0.15) is 37.1 Å². The molecule has 182 valence electrons. The average Bonchev–Trinajstić information content (AvgIpc) is 3.24. The molecule has 2 aromatic carbocycles. The van der Waals surface area contributed by atoms with Gasteiger partial charge in [0.2, 0.25) is 10.0 Å². The van der Waals surface area contributed by atoms with Gasteiger partial charge in [0.25, 0.3) is 0 Å². The largest absolute Gasteiger partial charge is 0.468 e. The van der Waals surface area contributed by atoms with Crippen molar-refractivity contribution in [1.29, 1.82) is 0 Å². The number of aryl methyl sites for hydroxylation is 1. The fourth-order valence-corrected chi connectivity index (χ4v) is 6.11. The number of nitrogens with zero attached hydrogens (tertiary/aromatic N) is 4. The Bertz CT molecular complexity index is 1230. The molecule has 0 N–H and O–H groups in total. The van der Waals surface area contributed by atoms with Crippen molar-refractivity contribution in [2.45, 2.75) is 51.2 Å². The molecule has 0 aliphatic heterocycles. The summed E-state index contributed by atoms with van der Waals surface area (Å²) in [6.07, 6.45) is 2.00. The van der Waals surface area contributed by atoms with Gasteiger partial charge in [0, 0.05) is 4.47 Å². The van der Waals surface area contributed by atoms with E-state index in [0.29, 0.717) is 23.1 Å². The quantitative estimate of drug-likeness (QED) is 0.353. The highest BCUT2D eigenvalue weighted by molar-refractivity contribution is 9.10. The second kappa shape index (κ2) is 11.2. The van der Waals surface area contributed by atoms with Crippen molar-refractivity contribution in [3.05, 3.63) is 76.0 Å². The Morgan fingerprint density at radius 3 is 2.44 bits per heavy atom. The van der Waals surface area contributed by atoms with Crippen LogP contribution in [0.4, 0.5) is 0 Å². The van der Waals surface area contributed by atoms with Gasteiger partial charge in [-0.15, -0.1) is 5.10 Å². The highest BCUT2D eigenvalue weighted by atomic mass is 79.9. The molecule has 8 nitrogen and oxygen atoms in total. The highest BCUT2D eigenvalue weighted by Crippen LogP contribution is 2.29. The fraction of sp³-hybridized carbons (Fsp3) is 0.375. The molecule has 1 heterocycles. The Morgan fingerprint density at radius 2 is 1.82 bits per heavy atom. The third-order valence-electron chi connectivity index (χ3n) is 5.31. The molecule has 0 saturated carbocycles. The van der Waals surface area contributed by atoms with E-state index in [9.17, 15) is 13.2 Å². The summed E-state index contributed by atoms with van der Waals surface area (Å²) in [6.45, 7) is 6.25. The van der Waals surface area contributed by atoms with Crippen molar-refractivity contribution in [2.24, 2.45) is 5.92 Å². The topological polar surface area (TPSA) is 94.4 Å². The van der Waals surface area contributed by atoms with Crippen molar-refractivity contribution in [1.82, 2.24) is 19.3 Å². The van der Waals surface area contributed by atoms with Crippen molar-refractivity contribution in [2.75, 3.05) is 7.11 Å². The Labute approximate surface area is 209 Å². The molecule has 34 heavy (non-hydrogen) atoms. The first kappa shape index (κ1) is 26.1. The number of carbonyl (C=O) groups excluding carboxylic acids is 1. The standard InChI is InChI=1S/C24H29BrN4O4S/c1-17(2)13-22(24(30)33-4)29(34(31,32)23-8-6-5-7-21(23)25)16-20-15-28(27-26-20)14-19-11-9-18(3)10-12-19/h5-12,15,17,22H,13-14,16H2,1-4H3/t22-/m0/s1. The number of hydrogen-bond acceptors (Lipinski definition) is 6. The molecule has 0 spiro atoms. The average molecular weight is 549 g/mol. The van der Waals surface area contributed by atoms with Gasteiger partial charge in [-0.1, -0.05) is 61.0 Å². The first-order valence-corrected chi connectivity index (χ1v) is 13.1. The number of hydrogen-bond donors (Lipinski definition) is 0. The predicted octanol–water partition coefficient (Wildman–Crippen LogP) is 4.18. The second-order valence-electron chi connectivity index (χ2n) is 8.54. The summed E-state index contributed by atoms with van der Waals surface area (Å²) >= 11 is 3.33. The van der Waals surface area contributed by atoms with E-state index in [1.54, 1.807) is 29.1 Å². The lowest BCUT2D eigenvalue weighted by molar-refractivity contribution is -0.145. The SMILES string of the molecule is COC(=O)[C@H](CC(C)C)N(Cc1cn(Cc2ccc(C)cc2)nn1)S(=O)(=O)c1ccccc1Br. The van der Waals surface area contributed by atoms with E-state index in [1.807, 2.05) is 45.0 Å². The molecule has 0 saturated heterocycles. The number of halogens is 1. The van der Waals surface area contributed by atoms with Crippen LogP contribution < -0.4 is 0 Å². The van der Waals surface area contributed by atoms with Crippen LogP contribution in [-0.2, 0) is 32.6 Å². The van der Waals surface area contributed by atoms with Crippen LogP contribution in [0.3, 0.4) is 0 Å². The summed E-state index contributed by atoms with van der Waals surface area (Å²) in [7, 11) is -2.82. The lowest BCUT2D eigenvalue weighted by atomic mass is 10.0. The van der Waals surface area contributed by atoms with E-state index in [0.717, 1.165) is 11.1 Å². The van der Waals surface area contributed by atoms with Crippen LogP contribution in [0.5, 0.6) is 0 Å². The molecule has 3 aromatic rings. The number of rotatable bonds is 10. The van der Waals surface area contributed by atoms with E-state index >= 15 is 0 Å².